The summed E-state index contributed by atoms with van der Waals surface area (Å²) >= 11 is 6.16. The first-order valence-corrected chi connectivity index (χ1v) is 11.8. The third-order valence-corrected chi connectivity index (χ3v) is 7.67. The third-order valence-electron chi connectivity index (χ3n) is 6.24. The maximum absolute atomic E-state index is 13.0. The molecule has 0 aliphatic carbocycles. The molecule has 2 saturated heterocycles. The fourth-order valence-corrected chi connectivity index (χ4v) is 5.69. The zero-order chi connectivity index (χ0) is 21.3. The number of hydrogen-bond donors (Lipinski definition) is 1. The van der Waals surface area contributed by atoms with Crippen LogP contribution >= 0.6 is 11.6 Å². The van der Waals surface area contributed by atoms with Crippen molar-refractivity contribution in [3.05, 3.63) is 35.1 Å². The molecule has 0 saturated carbocycles. The molecule has 9 nitrogen and oxygen atoms in total. The van der Waals surface area contributed by atoms with Crippen LogP contribution in [0.2, 0.25) is 5.15 Å². The lowest BCUT2D eigenvalue weighted by Gasteiger charge is -2.33. The highest BCUT2D eigenvalue weighted by atomic mass is 35.5. The van der Waals surface area contributed by atoms with Crippen LogP contribution in [-0.2, 0) is 16.6 Å². The van der Waals surface area contributed by atoms with Crippen molar-refractivity contribution in [3.63, 3.8) is 0 Å². The maximum atomic E-state index is 13.0. The molecule has 160 valence electrons. The average Bonchev–Trinajstić information content (AvgIpc) is 3.13. The predicted octanol–water partition coefficient (Wildman–Crippen LogP) is 1.50. The van der Waals surface area contributed by atoms with E-state index in [1.54, 1.807) is 10.9 Å². The van der Waals surface area contributed by atoms with Gasteiger partial charge >= 0.3 is 0 Å². The van der Waals surface area contributed by atoms with E-state index in [4.69, 9.17) is 11.6 Å². The second-order valence-corrected chi connectivity index (χ2v) is 10.8. The summed E-state index contributed by atoms with van der Waals surface area (Å²) in [6, 6.07) is 5.21. The number of aryl methyl sites for hydroxylation is 1. The van der Waals surface area contributed by atoms with E-state index in [-0.39, 0.29) is 21.3 Å². The smallest absolute Gasteiger partial charge is 0.283 e. The molecule has 4 bridgehead atoms. The summed E-state index contributed by atoms with van der Waals surface area (Å²) in [5, 5.41) is 4.23. The van der Waals surface area contributed by atoms with Crippen LogP contribution in [0.1, 0.15) is 37.0 Å². The normalized spacial score (nSPS) is 29.2. The molecule has 2 aromatic rings. The summed E-state index contributed by atoms with van der Waals surface area (Å²) in [4.78, 5) is 22.0. The molecule has 3 aliphatic heterocycles. The largest absolute Gasteiger partial charge is 0.349 e. The topological polar surface area (TPSA) is 100 Å². The molecule has 5 heterocycles. The first-order valence-electron chi connectivity index (χ1n) is 9.95. The molecule has 11 heteroatoms. The van der Waals surface area contributed by atoms with Crippen LogP contribution in [0.25, 0.3) is 0 Å². The number of nitrogens with zero attached hydrogens (tertiary/aromatic N) is 5. The summed E-state index contributed by atoms with van der Waals surface area (Å²) in [6.07, 6.45) is 3.45. The summed E-state index contributed by atoms with van der Waals surface area (Å²) in [7, 11) is -4.10. The highest BCUT2D eigenvalue weighted by molar-refractivity contribution is 7.90. The van der Waals surface area contributed by atoms with Crippen LogP contribution in [0.3, 0.4) is 0 Å². The standard InChI is InChI=1S/C19H23ClN6O3S/c1-19(2)9-13-11-26(19)17-14(3-4-15(20)21-17)18(27)23-30(28,29)16-6-8-24(22-16)7-5-12-10-25(12)13/h3-4,6,8,12-13H,5,7,9-11H2,1-2H3,(H,23,27). The van der Waals surface area contributed by atoms with Gasteiger partial charge in [-0.3, -0.25) is 14.4 Å². The van der Waals surface area contributed by atoms with E-state index >= 15 is 0 Å². The lowest BCUT2D eigenvalue weighted by Crippen LogP contribution is -2.41. The van der Waals surface area contributed by atoms with E-state index in [1.165, 1.54) is 18.2 Å². The highest BCUT2D eigenvalue weighted by Gasteiger charge is 2.49. The van der Waals surface area contributed by atoms with Crippen LogP contribution in [0.15, 0.2) is 29.4 Å². The molecule has 0 aromatic carbocycles. The first kappa shape index (κ1) is 19.8. The van der Waals surface area contributed by atoms with Crippen LogP contribution in [0, 0.1) is 0 Å². The number of hydrogen-bond acceptors (Lipinski definition) is 7. The lowest BCUT2D eigenvalue weighted by molar-refractivity contribution is 0.0981. The molecule has 1 N–H and O–H groups in total. The van der Waals surface area contributed by atoms with Crippen LogP contribution in [0.4, 0.5) is 5.82 Å². The number of fused-ring (bicyclic) bond motifs is 8. The molecule has 0 spiro atoms. The number of rotatable bonds is 0. The van der Waals surface area contributed by atoms with Gasteiger partial charge < -0.3 is 4.90 Å². The molecule has 3 aliphatic rings. The molecular formula is C19H23ClN6O3S. The number of amides is 1. The summed E-state index contributed by atoms with van der Waals surface area (Å²) in [5.74, 6) is -0.344. The fourth-order valence-electron chi connectivity index (χ4n) is 4.63. The Bertz CT molecular complexity index is 1130. The van der Waals surface area contributed by atoms with E-state index in [1.807, 2.05) is 0 Å². The van der Waals surface area contributed by atoms with Gasteiger partial charge in [0, 0.05) is 43.5 Å². The van der Waals surface area contributed by atoms with E-state index < -0.39 is 15.9 Å². The van der Waals surface area contributed by atoms with Crippen molar-refractivity contribution in [3.8, 4) is 0 Å². The Balaban J connectivity index is 1.60. The van der Waals surface area contributed by atoms with Gasteiger partial charge in [-0.15, -0.1) is 0 Å². The summed E-state index contributed by atoms with van der Waals surface area (Å²) < 4.78 is 29.2. The molecule has 0 radical (unpaired) electrons. The first-order chi connectivity index (χ1) is 14.1. The second-order valence-electron chi connectivity index (χ2n) is 8.78. The van der Waals surface area contributed by atoms with Gasteiger partial charge in [0.2, 0.25) is 0 Å². The zero-order valence-electron chi connectivity index (χ0n) is 16.7. The lowest BCUT2D eigenvalue weighted by atomic mass is 9.99. The van der Waals surface area contributed by atoms with Gasteiger partial charge in [-0.25, -0.2) is 9.71 Å². The maximum Gasteiger partial charge on any atom is 0.283 e. The molecule has 2 fully saturated rings. The Hall–Kier alpha value is -2.17. The monoisotopic (exact) mass is 450 g/mol. The zero-order valence-corrected chi connectivity index (χ0v) is 18.3. The van der Waals surface area contributed by atoms with Gasteiger partial charge in [0.25, 0.3) is 15.9 Å². The van der Waals surface area contributed by atoms with E-state index in [0.29, 0.717) is 31.0 Å². The molecular weight excluding hydrogens is 428 g/mol. The van der Waals surface area contributed by atoms with Crippen molar-refractivity contribution in [1.82, 2.24) is 24.4 Å². The van der Waals surface area contributed by atoms with Crippen molar-refractivity contribution in [2.45, 2.75) is 55.9 Å². The quantitative estimate of drug-likeness (QED) is 0.479. The molecule has 5 rings (SSSR count). The van der Waals surface area contributed by atoms with Gasteiger partial charge in [-0.05, 0) is 44.9 Å². The van der Waals surface area contributed by atoms with Crippen LogP contribution < -0.4 is 9.62 Å². The number of pyridine rings is 1. The second kappa shape index (κ2) is 6.66. The minimum absolute atomic E-state index is 0.174. The van der Waals surface area contributed by atoms with Crippen molar-refractivity contribution in [2.75, 3.05) is 18.0 Å². The minimum atomic E-state index is -4.10. The Labute approximate surface area is 180 Å². The van der Waals surface area contributed by atoms with Gasteiger partial charge in [-0.2, -0.15) is 13.5 Å². The van der Waals surface area contributed by atoms with Crippen LogP contribution in [-0.4, -0.2) is 64.7 Å². The van der Waals surface area contributed by atoms with Crippen molar-refractivity contribution >= 4 is 33.3 Å². The predicted molar refractivity (Wildman–Crippen MR) is 111 cm³/mol. The third kappa shape index (κ3) is 3.36. The molecule has 1 amide bonds. The molecule has 2 aromatic heterocycles. The molecule has 3 unspecified atom stereocenters. The number of halogens is 1. The Kier molecular flexibility index (Phi) is 4.39. The average molecular weight is 451 g/mol. The summed E-state index contributed by atoms with van der Waals surface area (Å²) in [5.41, 5.74) is -0.0809. The molecule has 30 heavy (non-hydrogen) atoms. The number of sulfonamides is 1. The van der Waals surface area contributed by atoms with Crippen molar-refractivity contribution in [2.24, 2.45) is 0 Å². The Morgan fingerprint density at radius 1 is 1.20 bits per heavy atom. The fraction of sp³-hybridized carbons (Fsp3) is 0.526. The van der Waals surface area contributed by atoms with Crippen molar-refractivity contribution < 1.29 is 13.2 Å². The molecule has 3 atom stereocenters. The number of carbonyl (C=O) groups excluding carboxylic acids is 1. The van der Waals surface area contributed by atoms with Gasteiger partial charge in [0.15, 0.2) is 5.03 Å². The van der Waals surface area contributed by atoms with Crippen LogP contribution in [0.5, 0.6) is 0 Å². The number of anilines is 1. The number of carbonyl (C=O) groups is 1. The minimum Gasteiger partial charge on any atom is -0.349 e. The Morgan fingerprint density at radius 2 is 2.00 bits per heavy atom. The van der Waals surface area contributed by atoms with Gasteiger partial charge in [0.05, 0.1) is 5.56 Å². The number of aromatic nitrogens is 3. The van der Waals surface area contributed by atoms with E-state index in [0.717, 1.165) is 19.4 Å². The van der Waals surface area contributed by atoms with Crippen molar-refractivity contribution in [1.29, 1.82) is 0 Å². The number of nitrogens with one attached hydrogen (secondary N) is 1. The van der Waals surface area contributed by atoms with Gasteiger partial charge in [-0.1, -0.05) is 11.6 Å². The SMILES string of the molecule is CC1(C)CC2CN1c1nc(Cl)ccc1C(=O)NS(=O)(=O)c1ccn(n1)CCC1CN12. The Morgan fingerprint density at radius 3 is 2.80 bits per heavy atom. The van der Waals surface area contributed by atoms with E-state index in [9.17, 15) is 13.2 Å². The highest BCUT2D eigenvalue weighted by Crippen LogP contribution is 2.40. The van der Waals surface area contributed by atoms with E-state index in [2.05, 4.69) is 38.5 Å². The van der Waals surface area contributed by atoms with Gasteiger partial charge in [0.1, 0.15) is 11.0 Å². The summed E-state index contributed by atoms with van der Waals surface area (Å²) in [6.45, 7) is 6.56.